The average Bonchev–Trinajstić information content (AvgIpc) is 2.15. The van der Waals surface area contributed by atoms with Crippen molar-refractivity contribution in [1.29, 1.82) is 0 Å². The highest BCUT2D eigenvalue weighted by atomic mass is 35.5. The first-order chi connectivity index (χ1) is 7.45. The molecule has 0 bridgehead atoms. The highest BCUT2D eigenvalue weighted by Crippen LogP contribution is 2.28. The molecule has 0 aromatic heterocycles. The summed E-state index contributed by atoms with van der Waals surface area (Å²) in [6.07, 6.45) is 0.859. The lowest BCUT2D eigenvalue weighted by molar-refractivity contribution is -0.139. The van der Waals surface area contributed by atoms with E-state index in [4.69, 9.17) is 11.6 Å². The summed E-state index contributed by atoms with van der Waals surface area (Å²) in [6.45, 7) is 5.84. The van der Waals surface area contributed by atoms with Gasteiger partial charge in [-0.15, -0.1) is 0 Å². The van der Waals surface area contributed by atoms with Gasteiger partial charge in [0.25, 0.3) is 0 Å². The Bertz CT molecular complexity index is 386. The Hall–Kier alpha value is -1.02. The van der Waals surface area contributed by atoms with Gasteiger partial charge in [0.15, 0.2) is 0 Å². The van der Waals surface area contributed by atoms with Crippen LogP contribution in [0.1, 0.15) is 37.8 Å². The van der Waals surface area contributed by atoms with Crippen molar-refractivity contribution < 1.29 is 9.90 Å². The molecule has 0 fully saturated rings. The van der Waals surface area contributed by atoms with Crippen LogP contribution in [0.15, 0.2) is 18.2 Å². The van der Waals surface area contributed by atoms with Gasteiger partial charge in [0, 0.05) is 5.02 Å². The van der Waals surface area contributed by atoms with Crippen molar-refractivity contribution in [1.82, 2.24) is 0 Å². The van der Waals surface area contributed by atoms with Crippen LogP contribution in [0.4, 0.5) is 0 Å². The van der Waals surface area contributed by atoms with Crippen LogP contribution in [0.25, 0.3) is 0 Å². The minimum atomic E-state index is -0.792. The fourth-order valence-electron chi connectivity index (χ4n) is 1.87. The molecule has 0 radical (unpaired) electrons. The summed E-state index contributed by atoms with van der Waals surface area (Å²) in [5, 5.41) is 9.82. The molecule has 1 unspecified atom stereocenters. The number of hydrogen-bond acceptors (Lipinski definition) is 1. The Morgan fingerprint density at radius 1 is 1.38 bits per heavy atom. The highest BCUT2D eigenvalue weighted by molar-refractivity contribution is 6.30. The van der Waals surface area contributed by atoms with E-state index < -0.39 is 11.9 Å². The van der Waals surface area contributed by atoms with Crippen LogP contribution in [0.5, 0.6) is 0 Å². The number of carboxylic acids is 1. The molecule has 1 aromatic carbocycles. The minimum Gasteiger partial charge on any atom is -0.481 e. The van der Waals surface area contributed by atoms with Gasteiger partial charge in [-0.25, -0.2) is 0 Å². The molecule has 0 aliphatic heterocycles. The van der Waals surface area contributed by atoms with Gasteiger partial charge in [-0.3, -0.25) is 4.79 Å². The van der Waals surface area contributed by atoms with Gasteiger partial charge in [0.1, 0.15) is 0 Å². The zero-order chi connectivity index (χ0) is 12.3. The minimum absolute atomic E-state index is 0.0562. The first-order valence-corrected chi connectivity index (χ1v) is 5.85. The van der Waals surface area contributed by atoms with E-state index in [-0.39, 0.29) is 5.92 Å². The number of benzene rings is 1. The quantitative estimate of drug-likeness (QED) is 0.871. The van der Waals surface area contributed by atoms with E-state index in [2.05, 4.69) is 0 Å². The van der Waals surface area contributed by atoms with Crippen molar-refractivity contribution in [2.45, 2.75) is 33.1 Å². The van der Waals surface area contributed by atoms with E-state index in [1.54, 1.807) is 6.07 Å². The van der Waals surface area contributed by atoms with Gasteiger partial charge >= 0.3 is 5.97 Å². The van der Waals surface area contributed by atoms with Crippen molar-refractivity contribution in [2.24, 2.45) is 5.92 Å². The van der Waals surface area contributed by atoms with Gasteiger partial charge in [-0.1, -0.05) is 38.4 Å². The van der Waals surface area contributed by atoms with Gasteiger partial charge in [0.05, 0.1) is 5.92 Å². The summed E-state index contributed by atoms with van der Waals surface area (Å²) in [7, 11) is 0. The molecule has 16 heavy (non-hydrogen) atoms. The molecule has 0 saturated heterocycles. The molecule has 88 valence electrons. The summed E-state index contributed by atoms with van der Waals surface area (Å²) in [6, 6.07) is 5.56. The topological polar surface area (TPSA) is 37.3 Å². The largest absolute Gasteiger partial charge is 0.481 e. The molecule has 0 aliphatic carbocycles. The van der Waals surface area contributed by atoms with Crippen LogP contribution < -0.4 is 0 Å². The zero-order valence-electron chi connectivity index (χ0n) is 9.83. The van der Waals surface area contributed by atoms with Gasteiger partial charge in [-0.05, 0) is 35.6 Å². The number of aliphatic carboxylic acids is 1. The maximum atomic E-state index is 11.2. The predicted molar refractivity (Wildman–Crippen MR) is 66.0 cm³/mol. The zero-order valence-corrected chi connectivity index (χ0v) is 10.6. The number of carbonyl (C=O) groups is 1. The SMILES string of the molecule is CCc1cc(Cl)cc(C(C(=O)O)C(C)C)c1. The van der Waals surface area contributed by atoms with E-state index >= 15 is 0 Å². The molecule has 1 N–H and O–H groups in total. The second kappa shape index (κ2) is 5.35. The van der Waals surface area contributed by atoms with E-state index in [0.29, 0.717) is 5.02 Å². The number of halogens is 1. The second-order valence-electron chi connectivity index (χ2n) is 4.31. The summed E-state index contributed by atoms with van der Waals surface area (Å²) >= 11 is 5.99. The van der Waals surface area contributed by atoms with Crippen LogP contribution >= 0.6 is 11.6 Å². The van der Waals surface area contributed by atoms with Gasteiger partial charge in [-0.2, -0.15) is 0 Å². The normalized spacial score (nSPS) is 12.8. The number of hydrogen-bond donors (Lipinski definition) is 1. The Balaban J connectivity index is 3.18. The molecule has 0 heterocycles. The smallest absolute Gasteiger partial charge is 0.311 e. The third-order valence-corrected chi connectivity index (χ3v) is 2.90. The Morgan fingerprint density at radius 2 is 2.00 bits per heavy atom. The van der Waals surface area contributed by atoms with E-state index in [1.807, 2.05) is 32.9 Å². The number of carboxylic acid groups (broad SMARTS) is 1. The van der Waals surface area contributed by atoms with Gasteiger partial charge < -0.3 is 5.11 Å². The molecular weight excluding hydrogens is 224 g/mol. The molecule has 0 amide bonds. The number of aryl methyl sites for hydroxylation is 1. The van der Waals surface area contributed by atoms with E-state index in [1.165, 1.54) is 0 Å². The Labute approximate surface area is 101 Å². The van der Waals surface area contributed by atoms with Crippen LogP contribution in [-0.2, 0) is 11.2 Å². The molecular formula is C13H17ClO2. The maximum absolute atomic E-state index is 11.2. The molecule has 1 rings (SSSR count). The van der Waals surface area contributed by atoms with Crippen molar-refractivity contribution in [3.63, 3.8) is 0 Å². The molecule has 3 heteroatoms. The first-order valence-electron chi connectivity index (χ1n) is 5.47. The number of rotatable bonds is 4. The van der Waals surface area contributed by atoms with Crippen molar-refractivity contribution in [3.05, 3.63) is 34.3 Å². The van der Waals surface area contributed by atoms with Crippen molar-refractivity contribution in [3.8, 4) is 0 Å². The molecule has 0 saturated carbocycles. The summed E-state index contributed by atoms with van der Waals surface area (Å²) < 4.78 is 0. The third kappa shape index (κ3) is 2.99. The monoisotopic (exact) mass is 240 g/mol. The lowest BCUT2D eigenvalue weighted by atomic mass is 9.87. The fourth-order valence-corrected chi connectivity index (χ4v) is 2.14. The lowest BCUT2D eigenvalue weighted by Gasteiger charge is -2.17. The molecule has 0 spiro atoms. The average molecular weight is 241 g/mol. The van der Waals surface area contributed by atoms with E-state index in [9.17, 15) is 9.90 Å². The highest BCUT2D eigenvalue weighted by Gasteiger charge is 2.24. The standard InChI is InChI=1S/C13H17ClO2/c1-4-9-5-10(7-11(14)6-9)12(8(2)3)13(15)16/h5-8,12H,4H2,1-3H3,(H,15,16). The van der Waals surface area contributed by atoms with Crippen molar-refractivity contribution in [2.75, 3.05) is 0 Å². The van der Waals surface area contributed by atoms with Crippen LogP contribution in [0, 0.1) is 5.92 Å². The molecule has 0 aliphatic rings. The fraction of sp³-hybridized carbons (Fsp3) is 0.462. The van der Waals surface area contributed by atoms with E-state index in [0.717, 1.165) is 17.5 Å². The van der Waals surface area contributed by atoms with Crippen LogP contribution in [-0.4, -0.2) is 11.1 Å². The predicted octanol–water partition coefficient (Wildman–Crippen LogP) is 3.73. The Morgan fingerprint density at radius 3 is 2.44 bits per heavy atom. The molecule has 1 atom stereocenters. The molecule has 2 nitrogen and oxygen atoms in total. The van der Waals surface area contributed by atoms with Gasteiger partial charge in [0.2, 0.25) is 0 Å². The van der Waals surface area contributed by atoms with Crippen molar-refractivity contribution >= 4 is 17.6 Å². The lowest BCUT2D eigenvalue weighted by Crippen LogP contribution is -2.17. The molecule has 1 aromatic rings. The van der Waals surface area contributed by atoms with Crippen LogP contribution in [0.2, 0.25) is 5.02 Å². The maximum Gasteiger partial charge on any atom is 0.311 e. The Kier molecular flexibility index (Phi) is 4.36. The second-order valence-corrected chi connectivity index (χ2v) is 4.74. The first kappa shape index (κ1) is 13.0. The van der Waals surface area contributed by atoms with Crippen LogP contribution in [0.3, 0.4) is 0 Å². The summed E-state index contributed by atoms with van der Waals surface area (Å²) in [5.41, 5.74) is 1.88. The third-order valence-electron chi connectivity index (χ3n) is 2.68. The summed E-state index contributed by atoms with van der Waals surface area (Å²) in [4.78, 5) is 11.2. The summed E-state index contributed by atoms with van der Waals surface area (Å²) in [5.74, 6) is -1.22.